The van der Waals surface area contributed by atoms with Gasteiger partial charge in [-0.15, -0.1) is 0 Å². The van der Waals surface area contributed by atoms with E-state index in [2.05, 4.69) is 0 Å². The van der Waals surface area contributed by atoms with E-state index in [-0.39, 0.29) is 0 Å². The summed E-state index contributed by atoms with van der Waals surface area (Å²) in [5, 5.41) is 9.11. The molecule has 0 aromatic heterocycles. The monoisotopic (exact) mass is 285 g/mol. The van der Waals surface area contributed by atoms with Crippen LogP contribution in [-0.4, -0.2) is 7.11 Å². The van der Waals surface area contributed by atoms with E-state index < -0.39 is 0 Å². The molecule has 0 atom stereocenters. The highest BCUT2D eigenvalue weighted by Crippen LogP contribution is 2.33. The first kappa shape index (κ1) is 14.0. The molecule has 0 saturated carbocycles. The lowest BCUT2D eigenvalue weighted by atomic mass is 10.2. The number of nitrogens with zero attached hydrogens (tertiary/aromatic N) is 1. The molecule has 0 amide bonds. The van der Waals surface area contributed by atoms with E-state index >= 15 is 0 Å². The first-order chi connectivity index (χ1) is 9.72. The molecule has 0 aliphatic rings. The van der Waals surface area contributed by atoms with Crippen molar-refractivity contribution in [2.75, 3.05) is 7.11 Å². The largest absolute Gasteiger partial charge is 0.493 e. The molecular formula is C16H12ClNO2. The molecule has 0 saturated heterocycles. The third-order valence-electron chi connectivity index (χ3n) is 2.56. The van der Waals surface area contributed by atoms with Crippen molar-refractivity contribution in [3.8, 4) is 23.3 Å². The molecule has 20 heavy (non-hydrogen) atoms. The third-order valence-corrected chi connectivity index (χ3v) is 2.80. The van der Waals surface area contributed by atoms with E-state index in [9.17, 15) is 0 Å². The molecule has 3 nitrogen and oxygen atoms in total. The summed E-state index contributed by atoms with van der Waals surface area (Å²) in [4.78, 5) is 0. The number of allylic oxidation sites excluding steroid dienone is 1. The minimum Gasteiger partial charge on any atom is -0.493 e. The smallest absolute Gasteiger partial charge is 0.169 e. The van der Waals surface area contributed by atoms with Gasteiger partial charge < -0.3 is 9.47 Å². The molecule has 0 aliphatic carbocycles. The molecule has 0 heterocycles. The number of hydrogen-bond donors (Lipinski definition) is 0. The lowest BCUT2D eigenvalue weighted by molar-refractivity contribution is 0.379. The molecule has 0 N–H and O–H groups in total. The Morgan fingerprint density at radius 1 is 1.15 bits per heavy atom. The van der Waals surface area contributed by atoms with Crippen molar-refractivity contribution in [2.45, 2.75) is 0 Å². The Morgan fingerprint density at radius 3 is 2.75 bits per heavy atom. The third kappa shape index (κ3) is 3.53. The molecule has 4 heteroatoms. The lowest BCUT2D eigenvalue weighted by Gasteiger charge is -2.10. The highest BCUT2D eigenvalue weighted by atomic mass is 35.5. The quantitative estimate of drug-likeness (QED) is 0.766. The average Bonchev–Trinajstić information content (AvgIpc) is 2.47. The van der Waals surface area contributed by atoms with E-state index in [1.54, 1.807) is 31.4 Å². The summed E-state index contributed by atoms with van der Waals surface area (Å²) in [6, 6.07) is 14.5. The van der Waals surface area contributed by atoms with E-state index in [1.165, 1.54) is 6.08 Å². The molecule has 0 radical (unpaired) electrons. The van der Waals surface area contributed by atoms with E-state index in [1.807, 2.05) is 30.3 Å². The van der Waals surface area contributed by atoms with E-state index in [0.717, 1.165) is 5.56 Å². The van der Waals surface area contributed by atoms with Crippen LogP contribution in [0.5, 0.6) is 17.2 Å². The summed E-state index contributed by atoms with van der Waals surface area (Å²) >= 11 is 5.91. The molecule has 0 fully saturated rings. The predicted molar refractivity (Wildman–Crippen MR) is 79.2 cm³/mol. The van der Waals surface area contributed by atoms with Crippen LogP contribution >= 0.6 is 11.6 Å². The van der Waals surface area contributed by atoms with Crippen LogP contribution in [0.25, 0.3) is 6.08 Å². The maximum absolute atomic E-state index is 8.53. The second-order valence-electron chi connectivity index (χ2n) is 3.93. The minimum atomic E-state index is 0.565. The SMILES string of the molecule is COc1cc(Cl)ccc1Oc1cccc(/C=C/C#N)c1. The number of rotatable bonds is 4. The van der Waals surface area contributed by atoms with Gasteiger partial charge in [-0.1, -0.05) is 23.7 Å². The van der Waals surface area contributed by atoms with Crippen LogP contribution in [-0.2, 0) is 0 Å². The van der Waals surface area contributed by atoms with Gasteiger partial charge in [0.1, 0.15) is 5.75 Å². The zero-order chi connectivity index (χ0) is 14.4. The van der Waals surface area contributed by atoms with Gasteiger partial charge >= 0.3 is 0 Å². The fourth-order valence-electron chi connectivity index (χ4n) is 1.67. The van der Waals surface area contributed by atoms with Crippen molar-refractivity contribution in [1.29, 1.82) is 5.26 Å². The Bertz CT molecular complexity index is 674. The summed E-state index contributed by atoms with van der Waals surface area (Å²) < 4.78 is 11.0. The standard InChI is InChI=1S/C16H12ClNO2/c1-19-16-11-13(17)7-8-15(16)20-14-6-2-4-12(10-14)5-3-9-18/h2-8,10-11H,1H3/b5-3+. The Balaban J connectivity index is 2.26. The van der Waals surface area contributed by atoms with Crippen molar-refractivity contribution < 1.29 is 9.47 Å². The van der Waals surface area contributed by atoms with Gasteiger partial charge in [-0.25, -0.2) is 0 Å². The maximum Gasteiger partial charge on any atom is 0.169 e. The fourth-order valence-corrected chi connectivity index (χ4v) is 1.83. The maximum atomic E-state index is 8.53. The number of methoxy groups -OCH3 is 1. The highest BCUT2D eigenvalue weighted by Gasteiger charge is 2.06. The van der Waals surface area contributed by atoms with Crippen LogP contribution in [0.3, 0.4) is 0 Å². The normalized spacial score (nSPS) is 10.2. The summed E-state index contributed by atoms with van der Waals surface area (Å²) in [6.45, 7) is 0. The molecule has 0 spiro atoms. The molecule has 0 unspecified atom stereocenters. The van der Waals surface area contributed by atoms with Gasteiger partial charge in [-0.2, -0.15) is 5.26 Å². The van der Waals surface area contributed by atoms with Crippen molar-refractivity contribution in [2.24, 2.45) is 0 Å². The lowest BCUT2D eigenvalue weighted by Crippen LogP contribution is -1.90. The topological polar surface area (TPSA) is 42.2 Å². The van der Waals surface area contributed by atoms with Crippen LogP contribution in [0, 0.1) is 11.3 Å². The van der Waals surface area contributed by atoms with Gasteiger partial charge in [-0.3, -0.25) is 0 Å². The molecule has 2 aromatic carbocycles. The van der Waals surface area contributed by atoms with Gasteiger partial charge in [-0.05, 0) is 35.9 Å². The molecule has 2 aromatic rings. The Kier molecular flexibility index (Phi) is 4.65. The van der Waals surface area contributed by atoms with Crippen molar-refractivity contribution >= 4 is 17.7 Å². The Hall–Kier alpha value is -2.44. The Morgan fingerprint density at radius 2 is 2.00 bits per heavy atom. The average molecular weight is 286 g/mol. The minimum absolute atomic E-state index is 0.565. The number of ether oxygens (including phenoxy) is 2. The zero-order valence-corrected chi connectivity index (χ0v) is 11.6. The predicted octanol–water partition coefficient (Wildman–Crippen LogP) is 4.68. The van der Waals surface area contributed by atoms with Crippen molar-refractivity contribution in [1.82, 2.24) is 0 Å². The van der Waals surface area contributed by atoms with Gasteiger partial charge in [0.25, 0.3) is 0 Å². The molecule has 0 bridgehead atoms. The summed E-state index contributed by atoms with van der Waals surface area (Å²) in [6.07, 6.45) is 3.13. The number of halogens is 1. The summed E-state index contributed by atoms with van der Waals surface area (Å²) in [7, 11) is 1.56. The molecular weight excluding hydrogens is 274 g/mol. The Labute approximate surface area is 122 Å². The van der Waals surface area contributed by atoms with Crippen LogP contribution in [0.4, 0.5) is 0 Å². The van der Waals surface area contributed by atoms with Crippen molar-refractivity contribution in [3.05, 3.63) is 59.1 Å². The number of benzene rings is 2. The number of nitriles is 1. The first-order valence-corrected chi connectivity index (χ1v) is 6.28. The van der Waals surface area contributed by atoms with Crippen LogP contribution < -0.4 is 9.47 Å². The molecule has 2 rings (SSSR count). The van der Waals surface area contributed by atoms with Gasteiger partial charge in [0.15, 0.2) is 11.5 Å². The van der Waals surface area contributed by atoms with Crippen LogP contribution in [0.15, 0.2) is 48.5 Å². The molecule has 0 aliphatic heterocycles. The van der Waals surface area contributed by atoms with Gasteiger partial charge in [0.05, 0.1) is 13.2 Å². The summed E-state index contributed by atoms with van der Waals surface area (Å²) in [5.41, 5.74) is 0.886. The van der Waals surface area contributed by atoms with Gasteiger partial charge in [0, 0.05) is 17.2 Å². The molecule has 100 valence electrons. The van der Waals surface area contributed by atoms with E-state index in [0.29, 0.717) is 22.3 Å². The van der Waals surface area contributed by atoms with Crippen LogP contribution in [0.1, 0.15) is 5.56 Å². The highest BCUT2D eigenvalue weighted by molar-refractivity contribution is 6.30. The number of hydrogen-bond acceptors (Lipinski definition) is 3. The first-order valence-electron chi connectivity index (χ1n) is 5.90. The van der Waals surface area contributed by atoms with E-state index in [4.69, 9.17) is 26.3 Å². The second kappa shape index (κ2) is 6.65. The zero-order valence-electron chi connectivity index (χ0n) is 10.8. The summed E-state index contributed by atoms with van der Waals surface area (Å²) in [5.74, 6) is 1.81. The fraction of sp³-hybridized carbons (Fsp3) is 0.0625. The van der Waals surface area contributed by atoms with Gasteiger partial charge in [0.2, 0.25) is 0 Å². The van der Waals surface area contributed by atoms with Crippen LogP contribution in [0.2, 0.25) is 5.02 Å². The van der Waals surface area contributed by atoms with Crippen molar-refractivity contribution in [3.63, 3.8) is 0 Å². The second-order valence-corrected chi connectivity index (χ2v) is 4.37.